The van der Waals surface area contributed by atoms with Gasteiger partial charge in [-0.2, -0.15) is 0 Å². The van der Waals surface area contributed by atoms with E-state index < -0.39 is 53.2 Å². The summed E-state index contributed by atoms with van der Waals surface area (Å²) in [6.07, 6.45) is 2.86. The Morgan fingerprint density at radius 2 is 1.96 bits per heavy atom. The highest BCUT2D eigenvalue weighted by molar-refractivity contribution is 7.93. The summed E-state index contributed by atoms with van der Waals surface area (Å²) in [6, 6.07) is 2.15. The monoisotopic (exact) mass is 383 g/mol. The molecular formula is C14H13N3O8S. The zero-order valence-corrected chi connectivity index (χ0v) is 14.2. The second-order valence-electron chi connectivity index (χ2n) is 5.13. The van der Waals surface area contributed by atoms with Gasteiger partial charge in [0, 0.05) is 12.3 Å². The summed E-state index contributed by atoms with van der Waals surface area (Å²) >= 11 is 0. The molecule has 0 radical (unpaired) electrons. The zero-order valence-electron chi connectivity index (χ0n) is 13.4. The van der Waals surface area contributed by atoms with Crippen LogP contribution in [0.2, 0.25) is 0 Å². The van der Waals surface area contributed by atoms with Crippen LogP contribution in [0.5, 0.6) is 0 Å². The maximum Gasteiger partial charge on any atom is 0.309 e. The van der Waals surface area contributed by atoms with Gasteiger partial charge in [0.25, 0.3) is 11.4 Å². The van der Waals surface area contributed by atoms with E-state index in [2.05, 4.69) is 4.99 Å². The van der Waals surface area contributed by atoms with Gasteiger partial charge in [-0.3, -0.25) is 30.0 Å². The fraction of sp³-hybridized carbons (Fsp3) is 0.286. The number of ether oxygens (including phenoxy) is 1. The Balaban J connectivity index is 2.63. The van der Waals surface area contributed by atoms with Gasteiger partial charge in [0.15, 0.2) is 4.87 Å². The standard InChI is InChI=1S/C14H13N3O8S/c1-2-25-13(18)9-14(6-3-7-15-14)26(23,24)12-5-4-10(16(19)20)8-11(12)17(21)22/h3-8H,2,9H2,1H3. The molecule has 1 heterocycles. The van der Waals surface area contributed by atoms with Crippen LogP contribution in [-0.2, 0) is 19.4 Å². The lowest BCUT2D eigenvalue weighted by atomic mass is 10.2. The van der Waals surface area contributed by atoms with Crippen LogP contribution in [0.4, 0.5) is 11.4 Å². The summed E-state index contributed by atoms with van der Waals surface area (Å²) in [6.45, 7) is 1.55. The number of nitro benzene ring substituents is 2. The van der Waals surface area contributed by atoms with Crippen LogP contribution < -0.4 is 0 Å². The number of benzene rings is 1. The Labute approximate surface area is 147 Å². The van der Waals surface area contributed by atoms with Crippen molar-refractivity contribution in [3.63, 3.8) is 0 Å². The summed E-state index contributed by atoms with van der Waals surface area (Å²) in [7, 11) is -4.58. The Morgan fingerprint density at radius 3 is 2.46 bits per heavy atom. The van der Waals surface area contributed by atoms with Crippen LogP contribution in [0.15, 0.2) is 40.2 Å². The Morgan fingerprint density at radius 1 is 1.27 bits per heavy atom. The minimum Gasteiger partial charge on any atom is -0.466 e. The highest BCUT2D eigenvalue weighted by atomic mass is 32.2. The number of rotatable bonds is 7. The van der Waals surface area contributed by atoms with Gasteiger partial charge in [0.05, 0.1) is 28.9 Å². The molecule has 1 aromatic rings. The number of allylic oxidation sites excluding steroid dienone is 1. The van der Waals surface area contributed by atoms with Crippen molar-refractivity contribution in [3.8, 4) is 0 Å². The molecule has 11 nitrogen and oxygen atoms in total. The van der Waals surface area contributed by atoms with Gasteiger partial charge in [0.2, 0.25) is 9.84 Å². The third-order valence-corrected chi connectivity index (χ3v) is 5.78. The molecule has 0 bridgehead atoms. The number of nitrogens with zero attached hydrogens (tertiary/aromatic N) is 3. The molecule has 1 aromatic carbocycles. The lowest BCUT2D eigenvalue weighted by Crippen LogP contribution is -2.37. The average molecular weight is 383 g/mol. The van der Waals surface area contributed by atoms with Gasteiger partial charge >= 0.3 is 5.97 Å². The van der Waals surface area contributed by atoms with Gasteiger partial charge in [-0.1, -0.05) is 0 Å². The third-order valence-electron chi connectivity index (χ3n) is 3.54. The zero-order chi connectivity index (χ0) is 19.5. The van der Waals surface area contributed by atoms with Gasteiger partial charge in [-0.25, -0.2) is 8.42 Å². The fourth-order valence-corrected chi connectivity index (χ4v) is 4.16. The number of sulfone groups is 1. The van der Waals surface area contributed by atoms with Crippen molar-refractivity contribution in [1.29, 1.82) is 0 Å². The van der Waals surface area contributed by atoms with Crippen LogP contribution >= 0.6 is 0 Å². The first-order valence-corrected chi connectivity index (χ1v) is 8.69. The van der Waals surface area contributed by atoms with Crippen molar-refractivity contribution < 1.29 is 27.8 Å². The molecule has 12 heteroatoms. The number of esters is 1. The van der Waals surface area contributed by atoms with E-state index in [-0.39, 0.29) is 6.61 Å². The minimum atomic E-state index is -4.58. The quantitative estimate of drug-likeness (QED) is 0.389. The normalized spacial score (nSPS) is 18.7. The first-order valence-electron chi connectivity index (χ1n) is 7.21. The number of hydrogen-bond donors (Lipinski definition) is 0. The summed E-state index contributed by atoms with van der Waals surface area (Å²) in [5, 5.41) is 22.1. The van der Waals surface area contributed by atoms with Crippen molar-refractivity contribution in [1.82, 2.24) is 0 Å². The maximum atomic E-state index is 13.1. The second kappa shape index (κ2) is 7.00. The summed E-state index contributed by atoms with van der Waals surface area (Å²) in [4.78, 5) is 32.9. The van der Waals surface area contributed by atoms with Crippen molar-refractivity contribution in [2.24, 2.45) is 4.99 Å². The van der Waals surface area contributed by atoms with Crippen LogP contribution in [0.1, 0.15) is 13.3 Å². The first-order chi connectivity index (χ1) is 12.1. The van der Waals surface area contributed by atoms with E-state index in [4.69, 9.17) is 4.74 Å². The van der Waals surface area contributed by atoms with Crippen LogP contribution in [-0.4, -0.2) is 41.9 Å². The molecule has 1 aliphatic rings. The second-order valence-corrected chi connectivity index (χ2v) is 7.29. The van der Waals surface area contributed by atoms with Crippen LogP contribution in [0.3, 0.4) is 0 Å². The number of hydrogen-bond acceptors (Lipinski definition) is 9. The van der Waals surface area contributed by atoms with E-state index in [0.29, 0.717) is 6.07 Å². The Kier molecular flexibility index (Phi) is 5.16. The molecule has 0 fully saturated rings. The number of nitro groups is 2. The van der Waals surface area contributed by atoms with Gasteiger partial charge in [-0.05, 0) is 25.1 Å². The fourth-order valence-electron chi connectivity index (χ4n) is 2.36. The largest absolute Gasteiger partial charge is 0.466 e. The summed E-state index contributed by atoms with van der Waals surface area (Å²) in [5.74, 6) is -0.857. The molecule has 0 N–H and O–H groups in total. The van der Waals surface area contributed by atoms with Crippen LogP contribution in [0.25, 0.3) is 0 Å². The van der Waals surface area contributed by atoms with E-state index >= 15 is 0 Å². The van der Waals surface area contributed by atoms with Gasteiger partial charge < -0.3 is 4.74 Å². The topological polar surface area (TPSA) is 159 Å². The predicted molar refractivity (Wildman–Crippen MR) is 88.5 cm³/mol. The molecular weight excluding hydrogens is 370 g/mol. The van der Waals surface area contributed by atoms with Crippen molar-refractivity contribution >= 4 is 33.4 Å². The van der Waals surface area contributed by atoms with Crippen molar-refractivity contribution in [2.75, 3.05) is 6.61 Å². The van der Waals surface area contributed by atoms with Crippen molar-refractivity contribution in [2.45, 2.75) is 23.1 Å². The number of carbonyl (C=O) groups is 1. The molecule has 2 rings (SSSR count). The lowest BCUT2D eigenvalue weighted by molar-refractivity contribution is -0.396. The molecule has 1 unspecified atom stereocenters. The molecule has 0 aromatic heterocycles. The average Bonchev–Trinajstić information content (AvgIpc) is 3.04. The molecule has 1 aliphatic heterocycles. The first kappa shape index (κ1) is 19.2. The number of carbonyl (C=O) groups excluding carboxylic acids is 1. The lowest BCUT2D eigenvalue weighted by Gasteiger charge is -2.23. The summed E-state index contributed by atoms with van der Waals surface area (Å²) in [5.41, 5.74) is -1.61. The SMILES string of the molecule is CCOC(=O)CC1(S(=O)(=O)c2ccc([N+](=O)[O-])cc2[N+](=O)[O-])C=CC=N1. The maximum absolute atomic E-state index is 13.1. The highest BCUT2D eigenvalue weighted by Gasteiger charge is 2.48. The molecule has 1 atom stereocenters. The predicted octanol–water partition coefficient (Wildman–Crippen LogP) is 1.57. The smallest absolute Gasteiger partial charge is 0.309 e. The molecule has 0 saturated heterocycles. The minimum absolute atomic E-state index is 0.0140. The molecule has 0 aliphatic carbocycles. The molecule has 26 heavy (non-hydrogen) atoms. The molecule has 0 saturated carbocycles. The van der Waals surface area contributed by atoms with Crippen molar-refractivity contribution in [3.05, 3.63) is 50.6 Å². The number of aliphatic imine (C=N–C) groups is 1. The van der Waals surface area contributed by atoms with E-state index in [0.717, 1.165) is 24.4 Å². The van der Waals surface area contributed by atoms with Crippen LogP contribution in [0, 0.1) is 20.2 Å². The van der Waals surface area contributed by atoms with E-state index in [1.165, 1.54) is 13.0 Å². The Bertz CT molecular complexity index is 924. The molecule has 0 spiro atoms. The van der Waals surface area contributed by atoms with Gasteiger partial charge in [-0.15, -0.1) is 0 Å². The Hall–Kier alpha value is -3.15. The van der Waals surface area contributed by atoms with E-state index in [9.17, 15) is 33.4 Å². The van der Waals surface area contributed by atoms with Gasteiger partial charge in [0.1, 0.15) is 4.90 Å². The third kappa shape index (κ3) is 3.31. The number of non-ortho nitro benzene ring substituents is 1. The van der Waals surface area contributed by atoms with E-state index in [1.807, 2.05) is 0 Å². The molecule has 0 amide bonds. The summed E-state index contributed by atoms with van der Waals surface area (Å²) < 4.78 is 30.9. The highest BCUT2D eigenvalue weighted by Crippen LogP contribution is 2.39. The molecule has 138 valence electrons. The van der Waals surface area contributed by atoms with E-state index in [1.54, 1.807) is 0 Å².